The first-order chi connectivity index (χ1) is 5.90. The molecule has 0 radical (unpaired) electrons. The van der Waals surface area contributed by atoms with Crippen LogP contribution in [0, 0.1) is 0 Å². The monoisotopic (exact) mass is 213 g/mol. The zero-order valence-corrected chi connectivity index (χ0v) is 8.48. The Morgan fingerprint density at radius 3 is 2.77 bits per heavy atom. The van der Waals surface area contributed by atoms with Gasteiger partial charge in [-0.3, -0.25) is 4.98 Å². The van der Waals surface area contributed by atoms with E-state index in [1.165, 1.54) is 5.39 Å². The molecule has 3 heteroatoms. The van der Waals surface area contributed by atoms with E-state index in [1.807, 2.05) is 24.4 Å². The van der Waals surface area contributed by atoms with Gasteiger partial charge in [-0.1, -0.05) is 12.1 Å². The topological polar surface area (TPSA) is 12.9 Å². The van der Waals surface area contributed by atoms with Gasteiger partial charge in [-0.25, -0.2) is 0 Å². The fourth-order valence-electron chi connectivity index (χ4n) is 1.22. The predicted octanol–water partition coefficient (Wildman–Crippen LogP) is 3.40. The molecule has 0 fully saturated rings. The molecule has 2 rings (SSSR count). The van der Waals surface area contributed by atoms with Crippen molar-refractivity contribution in [2.45, 2.75) is 5.88 Å². The summed E-state index contributed by atoms with van der Waals surface area (Å²) in [6.45, 7) is 0. The summed E-state index contributed by atoms with van der Waals surface area (Å²) in [4.78, 5) is 4.04. The molecule has 1 aromatic heterocycles. The third kappa shape index (κ3) is 2.11. The normalized spacial score (nSPS) is 9.62. The van der Waals surface area contributed by atoms with Gasteiger partial charge in [0.1, 0.15) is 0 Å². The molecule has 0 spiro atoms. The standard InChI is InChI=1S/C10H8ClN.ClH/c11-6-8-1-2-10-7-12-4-3-9(10)5-8;/h1-5,7H,6H2;1H. The van der Waals surface area contributed by atoms with Gasteiger partial charge in [0.2, 0.25) is 0 Å². The van der Waals surface area contributed by atoms with E-state index in [0.29, 0.717) is 5.88 Å². The van der Waals surface area contributed by atoms with Gasteiger partial charge in [-0.15, -0.1) is 24.0 Å². The molecule has 0 aliphatic carbocycles. The van der Waals surface area contributed by atoms with E-state index in [1.54, 1.807) is 6.20 Å². The van der Waals surface area contributed by atoms with Gasteiger partial charge in [0.25, 0.3) is 0 Å². The Kier molecular flexibility index (Phi) is 3.52. The maximum Gasteiger partial charge on any atom is 0.0474 e. The number of benzene rings is 1. The lowest BCUT2D eigenvalue weighted by atomic mass is 10.1. The lowest BCUT2D eigenvalue weighted by molar-refractivity contribution is 1.35. The van der Waals surface area contributed by atoms with E-state index in [2.05, 4.69) is 11.1 Å². The Hall–Kier alpha value is -0.790. The average Bonchev–Trinajstić information content (AvgIpc) is 2.17. The molecule has 2 aromatic rings. The van der Waals surface area contributed by atoms with Gasteiger partial charge >= 0.3 is 0 Å². The minimum absolute atomic E-state index is 0. The lowest BCUT2D eigenvalue weighted by Crippen LogP contribution is -1.79. The van der Waals surface area contributed by atoms with Crippen molar-refractivity contribution in [2.75, 3.05) is 0 Å². The average molecular weight is 214 g/mol. The van der Waals surface area contributed by atoms with Crippen LogP contribution in [0.15, 0.2) is 36.7 Å². The van der Waals surface area contributed by atoms with Gasteiger partial charge in [-0.2, -0.15) is 0 Å². The van der Waals surface area contributed by atoms with E-state index < -0.39 is 0 Å². The summed E-state index contributed by atoms with van der Waals surface area (Å²) in [6, 6.07) is 8.15. The third-order valence-electron chi connectivity index (χ3n) is 1.86. The molecular formula is C10H9Cl2N. The minimum atomic E-state index is 0. The van der Waals surface area contributed by atoms with Crippen molar-refractivity contribution in [1.82, 2.24) is 4.98 Å². The highest BCUT2D eigenvalue weighted by Crippen LogP contribution is 2.15. The first-order valence-electron chi connectivity index (χ1n) is 3.79. The molecule has 1 heterocycles. The highest BCUT2D eigenvalue weighted by atomic mass is 35.5. The SMILES string of the molecule is Cl.ClCc1ccc2cnccc2c1. The van der Waals surface area contributed by atoms with E-state index in [-0.39, 0.29) is 12.4 Å². The third-order valence-corrected chi connectivity index (χ3v) is 2.17. The van der Waals surface area contributed by atoms with Gasteiger partial charge in [-0.05, 0) is 23.1 Å². The summed E-state index contributed by atoms with van der Waals surface area (Å²) in [7, 11) is 0. The highest BCUT2D eigenvalue weighted by molar-refractivity contribution is 6.17. The molecule has 0 aliphatic rings. The van der Waals surface area contributed by atoms with E-state index in [4.69, 9.17) is 11.6 Å². The van der Waals surface area contributed by atoms with Gasteiger partial charge in [0.15, 0.2) is 0 Å². The van der Waals surface area contributed by atoms with Gasteiger partial charge in [0.05, 0.1) is 0 Å². The van der Waals surface area contributed by atoms with Crippen molar-refractivity contribution in [3.63, 3.8) is 0 Å². The van der Waals surface area contributed by atoms with Crippen molar-refractivity contribution in [3.8, 4) is 0 Å². The van der Waals surface area contributed by atoms with Gasteiger partial charge in [0, 0.05) is 23.7 Å². The van der Waals surface area contributed by atoms with E-state index >= 15 is 0 Å². The molecule has 1 aromatic carbocycles. The maximum atomic E-state index is 5.71. The number of alkyl halides is 1. The van der Waals surface area contributed by atoms with Crippen molar-refractivity contribution in [3.05, 3.63) is 42.2 Å². The number of fused-ring (bicyclic) bond motifs is 1. The Morgan fingerprint density at radius 2 is 2.00 bits per heavy atom. The highest BCUT2D eigenvalue weighted by Gasteiger charge is 1.93. The fourth-order valence-corrected chi connectivity index (χ4v) is 1.38. The summed E-state index contributed by atoms with van der Waals surface area (Å²) in [5.74, 6) is 0.568. The molecule has 0 bridgehead atoms. The number of aromatic nitrogens is 1. The van der Waals surface area contributed by atoms with E-state index in [9.17, 15) is 0 Å². The second-order valence-electron chi connectivity index (χ2n) is 2.69. The predicted molar refractivity (Wildman–Crippen MR) is 58.5 cm³/mol. The van der Waals surface area contributed by atoms with Crippen LogP contribution in [0.5, 0.6) is 0 Å². The van der Waals surface area contributed by atoms with Crippen LogP contribution in [0.2, 0.25) is 0 Å². The smallest absolute Gasteiger partial charge is 0.0474 e. The second kappa shape index (κ2) is 4.45. The quantitative estimate of drug-likeness (QED) is 0.663. The zero-order chi connectivity index (χ0) is 8.39. The molecule has 0 atom stereocenters. The summed E-state index contributed by atoms with van der Waals surface area (Å²) in [6.07, 6.45) is 3.65. The zero-order valence-electron chi connectivity index (χ0n) is 6.90. The van der Waals surface area contributed by atoms with Crippen molar-refractivity contribution >= 4 is 34.8 Å². The largest absolute Gasteiger partial charge is 0.264 e. The molecule has 0 aliphatic heterocycles. The van der Waals surface area contributed by atoms with Crippen LogP contribution in [0.3, 0.4) is 0 Å². The Balaban J connectivity index is 0.000000845. The van der Waals surface area contributed by atoms with Crippen LogP contribution < -0.4 is 0 Å². The molecule has 1 nitrogen and oxygen atoms in total. The van der Waals surface area contributed by atoms with Crippen LogP contribution >= 0.6 is 24.0 Å². The van der Waals surface area contributed by atoms with Crippen LogP contribution in [-0.2, 0) is 5.88 Å². The number of halogens is 2. The van der Waals surface area contributed by atoms with Crippen LogP contribution in [0.4, 0.5) is 0 Å². The fraction of sp³-hybridized carbons (Fsp3) is 0.100. The number of hydrogen-bond donors (Lipinski definition) is 0. The molecule has 0 unspecified atom stereocenters. The van der Waals surface area contributed by atoms with Crippen molar-refractivity contribution in [2.24, 2.45) is 0 Å². The van der Waals surface area contributed by atoms with Crippen molar-refractivity contribution in [1.29, 1.82) is 0 Å². The summed E-state index contributed by atoms with van der Waals surface area (Å²) < 4.78 is 0. The summed E-state index contributed by atoms with van der Waals surface area (Å²) in [5, 5.41) is 2.36. The first-order valence-corrected chi connectivity index (χ1v) is 4.32. The number of pyridine rings is 1. The number of rotatable bonds is 1. The molecule has 0 saturated carbocycles. The van der Waals surface area contributed by atoms with Crippen LogP contribution in [0.1, 0.15) is 5.56 Å². The number of hydrogen-bond acceptors (Lipinski definition) is 1. The Bertz CT molecular complexity index is 401. The Labute approximate surface area is 88.2 Å². The van der Waals surface area contributed by atoms with Gasteiger partial charge < -0.3 is 0 Å². The summed E-state index contributed by atoms with van der Waals surface area (Å²) in [5.41, 5.74) is 1.15. The molecule has 68 valence electrons. The first kappa shape index (κ1) is 10.3. The number of nitrogens with zero attached hydrogens (tertiary/aromatic N) is 1. The van der Waals surface area contributed by atoms with Crippen LogP contribution in [0.25, 0.3) is 10.8 Å². The Morgan fingerprint density at radius 1 is 1.15 bits per heavy atom. The second-order valence-corrected chi connectivity index (χ2v) is 2.96. The lowest BCUT2D eigenvalue weighted by Gasteiger charge is -1.98. The molecule has 13 heavy (non-hydrogen) atoms. The van der Waals surface area contributed by atoms with E-state index in [0.717, 1.165) is 10.9 Å². The molecular weight excluding hydrogens is 205 g/mol. The molecule has 0 saturated heterocycles. The minimum Gasteiger partial charge on any atom is -0.264 e. The molecule has 0 amide bonds. The van der Waals surface area contributed by atoms with Crippen molar-refractivity contribution < 1.29 is 0 Å². The summed E-state index contributed by atoms with van der Waals surface area (Å²) >= 11 is 5.71. The van der Waals surface area contributed by atoms with Crippen LogP contribution in [-0.4, -0.2) is 4.98 Å². The molecule has 0 N–H and O–H groups in total. The maximum absolute atomic E-state index is 5.71.